The summed E-state index contributed by atoms with van der Waals surface area (Å²) < 4.78 is 5.71. The number of rotatable bonds is 4. The molecule has 1 heterocycles. The number of halogens is 2. The SMILES string of the molecule is Cc1ccc(NC(=O)/C=C/c2ccc(-c3ccc(Cl)cc3Cl)o2)cc1. The molecule has 0 aliphatic rings. The summed E-state index contributed by atoms with van der Waals surface area (Å²) in [7, 11) is 0. The maximum absolute atomic E-state index is 12.0. The highest BCUT2D eigenvalue weighted by Crippen LogP contribution is 2.31. The molecule has 2 aromatic carbocycles. The molecule has 25 heavy (non-hydrogen) atoms. The number of anilines is 1. The van der Waals surface area contributed by atoms with Crippen molar-refractivity contribution in [3.63, 3.8) is 0 Å². The molecule has 0 saturated heterocycles. The fraction of sp³-hybridized carbons (Fsp3) is 0.0500. The summed E-state index contributed by atoms with van der Waals surface area (Å²) in [5.41, 5.74) is 2.63. The second-order valence-corrected chi connectivity index (χ2v) is 6.36. The fourth-order valence-electron chi connectivity index (χ4n) is 2.26. The molecule has 3 nitrogen and oxygen atoms in total. The number of aryl methyl sites for hydroxylation is 1. The summed E-state index contributed by atoms with van der Waals surface area (Å²) in [6, 6.07) is 16.4. The predicted molar refractivity (Wildman–Crippen MR) is 103 cm³/mol. The van der Waals surface area contributed by atoms with E-state index in [0.29, 0.717) is 21.6 Å². The van der Waals surface area contributed by atoms with E-state index in [-0.39, 0.29) is 5.91 Å². The van der Waals surface area contributed by atoms with Crippen molar-refractivity contribution in [3.05, 3.63) is 82.0 Å². The molecule has 0 atom stereocenters. The molecule has 0 bridgehead atoms. The Morgan fingerprint density at radius 2 is 1.80 bits per heavy atom. The molecule has 0 unspecified atom stereocenters. The van der Waals surface area contributed by atoms with Crippen molar-refractivity contribution in [1.29, 1.82) is 0 Å². The van der Waals surface area contributed by atoms with Gasteiger partial charge in [-0.25, -0.2) is 0 Å². The van der Waals surface area contributed by atoms with Gasteiger partial charge in [0.05, 0.1) is 5.02 Å². The van der Waals surface area contributed by atoms with Crippen molar-refractivity contribution >= 4 is 40.9 Å². The van der Waals surface area contributed by atoms with E-state index in [9.17, 15) is 4.79 Å². The molecule has 0 aliphatic carbocycles. The zero-order valence-corrected chi connectivity index (χ0v) is 14.9. The van der Waals surface area contributed by atoms with Gasteiger partial charge in [0.15, 0.2) is 0 Å². The highest BCUT2D eigenvalue weighted by atomic mass is 35.5. The summed E-state index contributed by atoms with van der Waals surface area (Å²) in [6.45, 7) is 1.99. The first-order valence-electron chi connectivity index (χ1n) is 7.62. The van der Waals surface area contributed by atoms with Crippen molar-refractivity contribution < 1.29 is 9.21 Å². The smallest absolute Gasteiger partial charge is 0.248 e. The standard InChI is InChI=1S/C20H15Cl2NO2/c1-13-2-5-15(6-3-13)23-20(24)11-8-16-7-10-19(25-16)17-9-4-14(21)12-18(17)22/h2-12H,1H3,(H,23,24)/b11-8+. The van der Waals surface area contributed by atoms with E-state index in [1.54, 1.807) is 36.4 Å². The van der Waals surface area contributed by atoms with E-state index in [0.717, 1.165) is 16.8 Å². The van der Waals surface area contributed by atoms with Crippen LogP contribution >= 0.6 is 23.2 Å². The van der Waals surface area contributed by atoms with Gasteiger partial charge in [-0.3, -0.25) is 4.79 Å². The highest BCUT2D eigenvalue weighted by molar-refractivity contribution is 6.36. The topological polar surface area (TPSA) is 42.2 Å². The van der Waals surface area contributed by atoms with Crippen LogP contribution in [0.15, 0.2) is 65.1 Å². The first kappa shape index (κ1) is 17.3. The lowest BCUT2D eigenvalue weighted by molar-refractivity contribution is -0.111. The molecule has 0 radical (unpaired) electrons. The van der Waals surface area contributed by atoms with Crippen molar-refractivity contribution in [2.24, 2.45) is 0 Å². The minimum Gasteiger partial charge on any atom is -0.457 e. The zero-order chi connectivity index (χ0) is 17.8. The minimum absolute atomic E-state index is 0.230. The Labute approximate surface area is 155 Å². The van der Waals surface area contributed by atoms with Crippen LogP contribution in [0.1, 0.15) is 11.3 Å². The van der Waals surface area contributed by atoms with Crippen LogP contribution in [-0.2, 0) is 4.79 Å². The number of carbonyl (C=O) groups is 1. The number of furan rings is 1. The maximum atomic E-state index is 12.0. The molecule has 3 rings (SSSR count). The zero-order valence-electron chi connectivity index (χ0n) is 13.4. The lowest BCUT2D eigenvalue weighted by Crippen LogP contribution is -2.07. The van der Waals surface area contributed by atoms with Gasteiger partial charge in [-0.05, 0) is 55.5 Å². The van der Waals surface area contributed by atoms with Crippen molar-refractivity contribution in [3.8, 4) is 11.3 Å². The Balaban J connectivity index is 1.69. The van der Waals surface area contributed by atoms with Crippen molar-refractivity contribution in [2.75, 3.05) is 5.32 Å². The van der Waals surface area contributed by atoms with E-state index in [2.05, 4.69) is 5.32 Å². The lowest BCUT2D eigenvalue weighted by atomic mass is 10.2. The van der Waals surface area contributed by atoms with E-state index in [4.69, 9.17) is 27.6 Å². The largest absolute Gasteiger partial charge is 0.457 e. The predicted octanol–water partition coefficient (Wildman–Crippen LogP) is 6.21. The number of hydrogen-bond donors (Lipinski definition) is 1. The minimum atomic E-state index is -0.230. The lowest BCUT2D eigenvalue weighted by Gasteiger charge is -2.02. The second-order valence-electron chi connectivity index (χ2n) is 5.51. The van der Waals surface area contributed by atoms with Crippen LogP contribution in [0.3, 0.4) is 0 Å². The number of nitrogens with one attached hydrogen (secondary N) is 1. The van der Waals surface area contributed by atoms with Gasteiger partial charge in [-0.15, -0.1) is 0 Å². The van der Waals surface area contributed by atoms with Crippen molar-refractivity contribution in [1.82, 2.24) is 0 Å². The van der Waals surface area contributed by atoms with Crippen LogP contribution < -0.4 is 5.32 Å². The highest BCUT2D eigenvalue weighted by Gasteiger charge is 2.08. The molecule has 1 amide bonds. The van der Waals surface area contributed by atoms with E-state index in [1.807, 2.05) is 31.2 Å². The van der Waals surface area contributed by atoms with Gasteiger partial charge in [0.25, 0.3) is 0 Å². The molecule has 5 heteroatoms. The molecule has 3 aromatic rings. The Morgan fingerprint density at radius 3 is 2.52 bits per heavy atom. The Kier molecular flexibility index (Phi) is 5.27. The van der Waals surface area contributed by atoms with Gasteiger partial charge < -0.3 is 9.73 Å². The van der Waals surface area contributed by atoms with Crippen LogP contribution in [0.2, 0.25) is 10.0 Å². The second kappa shape index (κ2) is 7.60. The molecule has 1 aromatic heterocycles. The van der Waals surface area contributed by atoms with Gasteiger partial charge in [-0.2, -0.15) is 0 Å². The first-order chi connectivity index (χ1) is 12.0. The quantitative estimate of drug-likeness (QED) is 0.553. The molecule has 0 fully saturated rings. The van der Waals surface area contributed by atoms with Crippen LogP contribution in [-0.4, -0.2) is 5.91 Å². The van der Waals surface area contributed by atoms with Crippen LogP contribution in [0, 0.1) is 6.92 Å². The Hall–Kier alpha value is -2.49. The average molecular weight is 372 g/mol. The first-order valence-corrected chi connectivity index (χ1v) is 8.38. The Bertz CT molecular complexity index is 927. The maximum Gasteiger partial charge on any atom is 0.248 e. The monoisotopic (exact) mass is 371 g/mol. The number of amides is 1. The van der Waals surface area contributed by atoms with Crippen LogP contribution in [0.5, 0.6) is 0 Å². The summed E-state index contributed by atoms with van der Waals surface area (Å²) >= 11 is 12.1. The van der Waals surface area contributed by atoms with Gasteiger partial charge in [-0.1, -0.05) is 40.9 Å². The van der Waals surface area contributed by atoms with Crippen LogP contribution in [0.4, 0.5) is 5.69 Å². The molecular formula is C20H15Cl2NO2. The average Bonchev–Trinajstić information content (AvgIpc) is 3.04. The van der Waals surface area contributed by atoms with E-state index in [1.165, 1.54) is 6.08 Å². The molecule has 0 spiro atoms. The summed E-state index contributed by atoms with van der Waals surface area (Å²) in [4.78, 5) is 12.0. The molecule has 0 aliphatic heterocycles. The fourth-order valence-corrected chi connectivity index (χ4v) is 2.76. The third kappa shape index (κ3) is 4.53. The van der Waals surface area contributed by atoms with E-state index >= 15 is 0 Å². The molecule has 0 saturated carbocycles. The third-order valence-electron chi connectivity index (χ3n) is 3.54. The van der Waals surface area contributed by atoms with Gasteiger partial charge >= 0.3 is 0 Å². The van der Waals surface area contributed by atoms with E-state index < -0.39 is 0 Å². The van der Waals surface area contributed by atoms with Gasteiger partial charge in [0.1, 0.15) is 11.5 Å². The third-order valence-corrected chi connectivity index (χ3v) is 4.09. The summed E-state index contributed by atoms with van der Waals surface area (Å²) in [5.74, 6) is 0.937. The van der Waals surface area contributed by atoms with Gasteiger partial charge in [0, 0.05) is 22.3 Å². The normalized spacial score (nSPS) is 11.0. The number of carbonyl (C=O) groups excluding carboxylic acids is 1. The number of benzene rings is 2. The molecule has 1 N–H and O–H groups in total. The number of hydrogen-bond acceptors (Lipinski definition) is 2. The molecular weight excluding hydrogens is 357 g/mol. The van der Waals surface area contributed by atoms with Gasteiger partial charge in [0.2, 0.25) is 5.91 Å². The summed E-state index contributed by atoms with van der Waals surface area (Å²) in [6.07, 6.45) is 3.03. The summed E-state index contributed by atoms with van der Waals surface area (Å²) in [5, 5.41) is 3.86. The van der Waals surface area contributed by atoms with Crippen molar-refractivity contribution in [2.45, 2.75) is 6.92 Å². The van der Waals surface area contributed by atoms with Crippen LogP contribution in [0.25, 0.3) is 17.4 Å². The Morgan fingerprint density at radius 1 is 1.04 bits per heavy atom. The molecule has 126 valence electrons.